The quantitative estimate of drug-likeness (QED) is 0.816. The Morgan fingerprint density at radius 2 is 1.96 bits per heavy atom. The number of hydrogen-bond acceptors (Lipinski definition) is 4. The van der Waals surface area contributed by atoms with Gasteiger partial charge in [-0.3, -0.25) is 14.5 Å². The van der Waals surface area contributed by atoms with Crippen LogP contribution in [0.3, 0.4) is 0 Å². The summed E-state index contributed by atoms with van der Waals surface area (Å²) in [6, 6.07) is 7.69. The fraction of sp³-hybridized carbons (Fsp3) is 0.556. The van der Waals surface area contributed by atoms with Crippen LogP contribution in [0.4, 0.5) is 5.69 Å². The number of morpholine rings is 1. The van der Waals surface area contributed by atoms with Crippen LogP contribution in [0.5, 0.6) is 0 Å². The van der Waals surface area contributed by atoms with Gasteiger partial charge in [0.15, 0.2) is 0 Å². The third-order valence-electron chi connectivity index (χ3n) is 4.58. The van der Waals surface area contributed by atoms with Crippen LogP contribution in [0.1, 0.15) is 12.0 Å². The molecule has 1 aromatic rings. The summed E-state index contributed by atoms with van der Waals surface area (Å²) in [6.45, 7) is 6.80. The second-order valence-corrected chi connectivity index (χ2v) is 6.55. The average Bonchev–Trinajstić information content (AvgIpc) is 3.37. The smallest absolute Gasteiger partial charge is 0.228 e. The van der Waals surface area contributed by atoms with Gasteiger partial charge in [0.05, 0.1) is 25.0 Å². The van der Waals surface area contributed by atoms with Crippen LogP contribution in [0.2, 0.25) is 0 Å². The first kappa shape index (κ1) is 16.9. The minimum Gasteiger partial charge on any atom is -0.379 e. The van der Waals surface area contributed by atoms with E-state index >= 15 is 0 Å². The predicted molar refractivity (Wildman–Crippen MR) is 91.7 cm³/mol. The Bertz CT molecular complexity index is 599. The summed E-state index contributed by atoms with van der Waals surface area (Å²) in [5.41, 5.74) is 1.89. The van der Waals surface area contributed by atoms with Gasteiger partial charge in [-0.05, 0) is 31.0 Å². The largest absolute Gasteiger partial charge is 0.379 e. The molecule has 0 spiro atoms. The van der Waals surface area contributed by atoms with Gasteiger partial charge < -0.3 is 15.4 Å². The monoisotopic (exact) mass is 331 g/mol. The second kappa shape index (κ2) is 7.77. The van der Waals surface area contributed by atoms with Crippen LogP contribution in [-0.4, -0.2) is 56.1 Å². The Kier molecular flexibility index (Phi) is 5.48. The van der Waals surface area contributed by atoms with E-state index in [0.29, 0.717) is 13.0 Å². The zero-order valence-electron chi connectivity index (χ0n) is 14.1. The summed E-state index contributed by atoms with van der Waals surface area (Å²) in [4.78, 5) is 26.6. The normalized spacial score (nSPS) is 23.5. The molecule has 6 heteroatoms. The van der Waals surface area contributed by atoms with Crippen LogP contribution in [0, 0.1) is 18.8 Å². The van der Waals surface area contributed by atoms with E-state index in [1.807, 2.05) is 31.2 Å². The molecule has 2 aliphatic rings. The van der Waals surface area contributed by atoms with Gasteiger partial charge in [-0.25, -0.2) is 0 Å². The van der Waals surface area contributed by atoms with Crippen molar-refractivity contribution in [2.45, 2.75) is 13.3 Å². The third-order valence-corrected chi connectivity index (χ3v) is 4.58. The van der Waals surface area contributed by atoms with Gasteiger partial charge in [0, 0.05) is 31.9 Å². The minimum atomic E-state index is -0.200. The summed E-state index contributed by atoms with van der Waals surface area (Å²) in [5, 5.41) is 5.84. The molecule has 6 nitrogen and oxygen atoms in total. The predicted octanol–water partition coefficient (Wildman–Crippen LogP) is 1.02. The Labute approximate surface area is 142 Å². The van der Waals surface area contributed by atoms with Crippen LogP contribution in [0.15, 0.2) is 24.3 Å². The molecule has 24 heavy (non-hydrogen) atoms. The second-order valence-electron chi connectivity index (χ2n) is 6.55. The lowest BCUT2D eigenvalue weighted by atomic mass is 10.2. The van der Waals surface area contributed by atoms with Crippen LogP contribution < -0.4 is 10.6 Å². The van der Waals surface area contributed by atoms with E-state index < -0.39 is 0 Å². The molecule has 0 bridgehead atoms. The van der Waals surface area contributed by atoms with Gasteiger partial charge in [-0.15, -0.1) is 0 Å². The Balaban J connectivity index is 1.37. The van der Waals surface area contributed by atoms with E-state index in [1.54, 1.807) is 0 Å². The van der Waals surface area contributed by atoms with Gasteiger partial charge in [0.2, 0.25) is 11.8 Å². The van der Waals surface area contributed by atoms with Crippen LogP contribution in [0.25, 0.3) is 0 Å². The molecule has 1 aromatic carbocycles. The van der Waals surface area contributed by atoms with E-state index in [1.165, 1.54) is 0 Å². The van der Waals surface area contributed by atoms with Crippen molar-refractivity contribution in [1.82, 2.24) is 10.2 Å². The molecule has 2 amide bonds. The maximum atomic E-state index is 12.2. The molecule has 1 saturated heterocycles. The highest BCUT2D eigenvalue weighted by Crippen LogP contribution is 2.39. The molecule has 1 aliphatic heterocycles. The Hall–Kier alpha value is -1.92. The fourth-order valence-corrected chi connectivity index (χ4v) is 3.03. The molecule has 1 saturated carbocycles. The van der Waals surface area contributed by atoms with E-state index in [0.717, 1.165) is 44.1 Å². The van der Waals surface area contributed by atoms with E-state index in [2.05, 4.69) is 15.5 Å². The molecule has 130 valence electrons. The number of rotatable bonds is 6. The standard InChI is InChI=1S/C18H25N3O3/c1-13-3-2-4-14(11-13)20-18(23)16-12-15(16)17(22)19-5-6-21-7-9-24-10-8-21/h2-4,11,15-16H,5-10,12H2,1H3,(H,19,22)(H,20,23). The first-order valence-electron chi connectivity index (χ1n) is 8.59. The average molecular weight is 331 g/mol. The number of aryl methyl sites for hydroxylation is 1. The van der Waals surface area contributed by atoms with Crippen molar-refractivity contribution in [2.75, 3.05) is 44.7 Å². The summed E-state index contributed by atoms with van der Waals surface area (Å²) in [5.74, 6) is -0.449. The third kappa shape index (κ3) is 4.55. The summed E-state index contributed by atoms with van der Waals surface area (Å²) in [7, 11) is 0. The van der Waals surface area contributed by atoms with Crippen LogP contribution in [-0.2, 0) is 14.3 Å². The first-order valence-corrected chi connectivity index (χ1v) is 8.59. The number of ether oxygens (including phenoxy) is 1. The van der Waals surface area contributed by atoms with Crippen molar-refractivity contribution >= 4 is 17.5 Å². The highest BCUT2D eigenvalue weighted by atomic mass is 16.5. The maximum Gasteiger partial charge on any atom is 0.228 e. The van der Waals surface area contributed by atoms with Crippen molar-refractivity contribution in [1.29, 1.82) is 0 Å². The lowest BCUT2D eigenvalue weighted by Crippen LogP contribution is -2.41. The van der Waals surface area contributed by atoms with Gasteiger partial charge in [-0.1, -0.05) is 12.1 Å². The number of nitrogens with zero attached hydrogens (tertiary/aromatic N) is 1. The maximum absolute atomic E-state index is 12.2. The van der Waals surface area contributed by atoms with Crippen molar-refractivity contribution < 1.29 is 14.3 Å². The molecule has 2 unspecified atom stereocenters. The number of nitrogens with one attached hydrogen (secondary N) is 2. The lowest BCUT2D eigenvalue weighted by molar-refractivity contribution is -0.125. The number of benzene rings is 1. The number of anilines is 1. The zero-order chi connectivity index (χ0) is 16.9. The van der Waals surface area contributed by atoms with Gasteiger partial charge in [0.1, 0.15) is 0 Å². The molecule has 0 aromatic heterocycles. The van der Waals surface area contributed by atoms with Gasteiger partial charge in [0.25, 0.3) is 0 Å². The minimum absolute atomic E-state index is 0.00680. The Morgan fingerprint density at radius 1 is 1.21 bits per heavy atom. The highest BCUT2D eigenvalue weighted by Gasteiger charge is 2.47. The highest BCUT2D eigenvalue weighted by molar-refractivity contribution is 5.99. The molecule has 2 fully saturated rings. The molecule has 0 radical (unpaired) electrons. The van der Waals surface area contributed by atoms with Crippen molar-refractivity contribution in [3.8, 4) is 0 Å². The number of amides is 2. The molecule has 3 rings (SSSR count). The fourth-order valence-electron chi connectivity index (χ4n) is 3.03. The van der Waals surface area contributed by atoms with E-state index in [9.17, 15) is 9.59 Å². The molecular formula is C18H25N3O3. The number of carbonyl (C=O) groups excluding carboxylic acids is 2. The number of carbonyl (C=O) groups is 2. The molecule has 2 N–H and O–H groups in total. The van der Waals surface area contributed by atoms with Crippen molar-refractivity contribution in [2.24, 2.45) is 11.8 Å². The van der Waals surface area contributed by atoms with Gasteiger partial charge >= 0.3 is 0 Å². The summed E-state index contributed by atoms with van der Waals surface area (Å²) >= 11 is 0. The number of hydrogen-bond donors (Lipinski definition) is 2. The zero-order valence-corrected chi connectivity index (χ0v) is 14.1. The molecular weight excluding hydrogens is 306 g/mol. The van der Waals surface area contributed by atoms with Crippen molar-refractivity contribution in [3.63, 3.8) is 0 Å². The van der Waals surface area contributed by atoms with Gasteiger partial charge in [-0.2, -0.15) is 0 Å². The lowest BCUT2D eigenvalue weighted by Gasteiger charge is -2.26. The summed E-state index contributed by atoms with van der Waals surface area (Å²) in [6.07, 6.45) is 0.640. The van der Waals surface area contributed by atoms with Crippen molar-refractivity contribution in [3.05, 3.63) is 29.8 Å². The van der Waals surface area contributed by atoms with Crippen LogP contribution >= 0.6 is 0 Å². The first-order chi connectivity index (χ1) is 11.6. The molecule has 1 aliphatic carbocycles. The summed E-state index contributed by atoms with van der Waals surface area (Å²) < 4.78 is 5.30. The molecule has 1 heterocycles. The molecule has 2 atom stereocenters. The van der Waals surface area contributed by atoms with E-state index in [4.69, 9.17) is 4.74 Å². The SMILES string of the molecule is Cc1cccc(NC(=O)C2CC2C(=O)NCCN2CCOCC2)c1. The topological polar surface area (TPSA) is 70.7 Å². The Morgan fingerprint density at radius 3 is 2.71 bits per heavy atom. The van der Waals surface area contributed by atoms with E-state index in [-0.39, 0.29) is 23.7 Å².